The Morgan fingerprint density at radius 3 is 2.44 bits per heavy atom. The van der Waals surface area contributed by atoms with Gasteiger partial charge in [-0.2, -0.15) is 0 Å². The van der Waals surface area contributed by atoms with Crippen molar-refractivity contribution in [3.05, 3.63) is 51.7 Å². The van der Waals surface area contributed by atoms with Crippen LogP contribution in [0.1, 0.15) is 53.5 Å². The van der Waals surface area contributed by atoms with Gasteiger partial charge in [0, 0.05) is 16.3 Å². The maximum absolute atomic E-state index is 12.7. The van der Waals surface area contributed by atoms with Crippen LogP contribution in [0.2, 0.25) is 0 Å². The van der Waals surface area contributed by atoms with E-state index in [2.05, 4.69) is 41.4 Å². The molecule has 1 amide bonds. The largest absolute Gasteiger partial charge is 0.497 e. The summed E-state index contributed by atoms with van der Waals surface area (Å²) in [5.74, 6) is 0.857. The maximum atomic E-state index is 12.7. The summed E-state index contributed by atoms with van der Waals surface area (Å²) in [7, 11) is 1.69. The predicted octanol–water partition coefficient (Wildman–Crippen LogP) is 4.51. The number of methoxy groups -OCH3 is 1. The molecule has 4 nitrogen and oxygen atoms in total. The lowest BCUT2D eigenvalue weighted by atomic mass is 10.0. The van der Waals surface area contributed by atoms with Gasteiger partial charge in [0.2, 0.25) is 5.91 Å². The molecule has 0 saturated carbocycles. The van der Waals surface area contributed by atoms with Crippen LogP contribution >= 0.6 is 11.3 Å². The molecule has 1 aliphatic rings. The number of likely N-dealkylation sites (tertiary alicyclic amines) is 1. The van der Waals surface area contributed by atoms with Crippen LogP contribution in [-0.2, 0) is 4.79 Å². The topological polar surface area (TPSA) is 41.6 Å². The summed E-state index contributed by atoms with van der Waals surface area (Å²) in [6.45, 7) is 6.89. The standard InChI is InChI=1S/C22H30N2O2S/c1-16-7-12-21(27-16)17(2)22(25)23-15-20(24-13-5-4-6-14-24)18-8-10-19(26-3)11-9-18/h7-12,17,20H,4-6,13-15H2,1-3H3,(H,23,25)/t17-,20-/m1/s1. The van der Waals surface area contributed by atoms with E-state index in [4.69, 9.17) is 4.74 Å². The number of thiophene rings is 1. The van der Waals surface area contributed by atoms with Crippen LogP contribution in [0.15, 0.2) is 36.4 Å². The van der Waals surface area contributed by atoms with Gasteiger partial charge in [-0.15, -0.1) is 11.3 Å². The second-order valence-electron chi connectivity index (χ2n) is 7.30. The lowest BCUT2D eigenvalue weighted by molar-refractivity contribution is -0.122. The highest BCUT2D eigenvalue weighted by molar-refractivity contribution is 7.12. The number of hydrogen-bond donors (Lipinski definition) is 1. The Morgan fingerprint density at radius 2 is 1.85 bits per heavy atom. The van der Waals surface area contributed by atoms with Crippen molar-refractivity contribution in [2.75, 3.05) is 26.7 Å². The molecule has 1 fully saturated rings. The van der Waals surface area contributed by atoms with E-state index in [0.29, 0.717) is 6.54 Å². The van der Waals surface area contributed by atoms with Gasteiger partial charge < -0.3 is 10.1 Å². The van der Waals surface area contributed by atoms with Gasteiger partial charge in [-0.3, -0.25) is 9.69 Å². The third kappa shape index (κ3) is 5.11. The minimum Gasteiger partial charge on any atom is -0.497 e. The summed E-state index contributed by atoms with van der Waals surface area (Å²) in [6.07, 6.45) is 3.75. The minimum absolute atomic E-state index is 0.104. The minimum atomic E-state index is -0.110. The third-order valence-electron chi connectivity index (χ3n) is 5.38. The first-order valence-electron chi connectivity index (χ1n) is 9.80. The van der Waals surface area contributed by atoms with Gasteiger partial charge in [-0.05, 0) is 69.6 Å². The second-order valence-corrected chi connectivity index (χ2v) is 8.62. The molecule has 5 heteroatoms. The predicted molar refractivity (Wildman–Crippen MR) is 112 cm³/mol. The van der Waals surface area contributed by atoms with Gasteiger partial charge in [-0.1, -0.05) is 18.6 Å². The van der Waals surface area contributed by atoms with E-state index in [-0.39, 0.29) is 17.9 Å². The molecule has 2 heterocycles. The Hall–Kier alpha value is -1.85. The number of benzene rings is 1. The molecule has 1 aromatic heterocycles. The number of hydrogen-bond acceptors (Lipinski definition) is 4. The van der Waals surface area contributed by atoms with E-state index in [9.17, 15) is 4.79 Å². The van der Waals surface area contributed by atoms with Gasteiger partial charge >= 0.3 is 0 Å². The van der Waals surface area contributed by atoms with Crippen molar-refractivity contribution < 1.29 is 9.53 Å². The Bertz CT molecular complexity index is 735. The van der Waals surface area contributed by atoms with E-state index in [1.54, 1.807) is 18.4 Å². The van der Waals surface area contributed by atoms with Crippen LogP contribution in [0.25, 0.3) is 0 Å². The average Bonchev–Trinajstić information content (AvgIpc) is 3.15. The summed E-state index contributed by atoms with van der Waals surface area (Å²) >= 11 is 1.70. The van der Waals surface area contributed by atoms with Gasteiger partial charge in [0.05, 0.1) is 19.1 Å². The van der Waals surface area contributed by atoms with E-state index < -0.39 is 0 Å². The van der Waals surface area contributed by atoms with E-state index >= 15 is 0 Å². The van der Waals surface area contributed by atoms with Gasteiger partial charge in [0.25, 0.3) is 0 Å². The van der Waals surface area contributed by atoms with Crippen molar-refractivity contribution in [3.63, 3.8) is 0 Å². The summed E-state index contributed by atoms with van der Waals surface area (Å²) in [5, 5.41) is 3.21. The molecule has 0 bridgehead atoms. The highest BCUT2D eigenvalue weighted by Gasteiger charge is 2.24. The summed E-state index contributed by atoms with van der Waals surface area (Å²) < 4.78 is 5.29. The summed E-state index contributed by atoms with van der Waals surface area (Å²) in [6, 6.07) is 12.6. The molecule has 0 spiro atoms. The molecule has 0 unspecified atom stereocenters. The maximum Gasteiger partial charge on any atom is 0.228 e. The fourth-order valence-corrected chi connectivity index (χ4v) is 4.61. The monoisotopic (exact) mass is 386 g/mol. The fraction of sp³-hybridized carbons (Fsp3) is 0.500. The van der Waals surface area contributed by atoms with Crippen molar-refractivity contribution in [1.29, 1.82) is 0 Å². The summed E-state index contributed by atoms with van der Waals surface area (Å²) in [4.78, 5) is 17.6. The average molecular weight is 387 g/mol. The number of amides is 1. The Balaban J connectivity index is 1.69. The molecular formula is C22H30N2O2S. The number of piperidine rings is 1. The lowest BCUT2D eigenvalue weighted by Gasteiger charge is -2.35. The van der Waals surface area contributed by atoms with Gasteiger partial charge in [0.15, 0.2) is 0 Å². The Kier molecular flexibility index (Phi) is 6.91. The SMILES string of the molecule is COc1ccc([C@@H](CNC(=O)[C@H](C)c2ccc(C)s2)N2CCCCC2)cc1. The van der Waals surface area contributed by atoms with Crippen molar-refractivity contribution in [2.45, 2.75) is 45.1 Å². The van der Waals surface area contributed by atoms with Crippen molar-refractivity contribution in [2.24, 2.45) is 0 Å². The normalized spacial score (nSPS) is 17.3. The molecule has 2 aromatic rings. The molecule has 27 heavy (non-hydrogen) atoms. The number of ether oxygens (including phenoxy) is 1. The molecule has 1 aromatic carbocycles. The first-order chi connectivity index (χ1) is 13.1. The number of rotatable bonds is 7. The van der Waals surface area contributed by atoms with E-state index in [0.717, 1.165) is 23.7 Å². The zero-order valence-electron chi connectivity index (χ0n) is 16.5. The highest BCUT2D eigenvalue weighted by Crippen LogP contribution is 2.27. The molecule has 0 radical (unpaired) electrons. The van der Waals surface area contributed by atoms with Crippen molar-refractivity contribution in [1.82, 2.24) is 10.2 Å². The van der Waals surface area contributed by atoms with E-state index in [1.807, 2.05) is 19.1 Å². The number of aryl methyl sites for hydroxylation is 1. The Labute approximate surface area is 166 Å². The number of carbonyl (C=O) groups excluding carboxylic acids is 1. The molecule has 3 rings (SSSR count). The second kappa shape index (κ2) is 9.38. The van der Waals surface area contributed by atoms with Crippen LogP contribution in [0.5, 0.6) is 5.75 Å². The first kappa shape index (κ1) is 19.9. The third-order valence-corrected chi connectivity index (χ3v) is 6.57. The number of carbonyl (C=O) groups is 1. The lowest BCUT2D eigenvalue weighted by Crippen LogP contribution is -2.41. The molecule has 146 valence electrons. The zero-order valence-corrected chi connectivity index (χ0v) is 17.3. The molecule has 1 saturated heterocycles. The molecule has 2 atom stereocenters. The number of nitrogens with one attached hydrogen (secondary N) is 1. The van der Waals surface area contributed by atoms with Crippen molar-refractivity contribution >= 4 is 17.2 Å². The molecule has 1 aliphatic heterocycles. The summed E-state index contributed by atoms with van der Waals surface area (Å²) in [5.41, 5.74) is 1.23. The fourth-order valence-electron chi connectivity index (χ4n) is 3.68. The first-order valence-corrected chi connectivity index (χ1v) is 10.6. The molecule has 1 N–H and O–H groups in total. The van der Waals surface area contributed by atoms with Crippen LogP contribution in [0.4, 0.5) is 0 Å². The zero-order chi connectivity index (χ0) is 19.2. The van der Waals surface area contributed by atoms with Crippen LogP contribution in [0, 0.1) is 6.92 Å². The smallest absolute Gasteiger partial charge is 0.228 e. The quantitative estimate of drug-likeness (QED) is 0.761. The number of nitrogens with zero attached hydrogens (tertiary/aromatic N) is 1. The van der Waals surface area contributed by atoms with E-state index in [1.165, 1.54) is 29.7 Å². The highest BCUT2D eigenvalue weighted by atomic mass is 32.1. The van der Waals surface area contributed by atoms with Crippen LogP contribution in [0.3, 0.4) is 0 Å². The van der Waals surface area contributed by atoms with Crippen LogP contribution < -0.4 is 10.1 Å². The van der Waals surface area contributed by atoms with Gasteiger partial charge in [-0.25, -0.2) is 0 Å². The molecular weight excluding hydrogens is 356 g/mol. The molecule has 0 aliphatic carbocycles. The van der Waals surface area contributed by atoms with Crippen LogP contribution in [-0.4, -0.2) is 37.6 Å². The van der Waals surface area contributed by atoms with Gasteiger partial charge in [0.1, 0.15) is 5.75 Å². The Morgan fingerprint density at radius 1 is 1.15 bits per heavy atom. The van der Waals surface area contributed by atoms with Crippen molar-refractivity contribution in [3.8, 4) is 5.75 Å².